The Bertz CT molecular complexity index is 810. The molecule has 24 heavy (non-hydrogen) atoms. The van der Waals surface area contributed by atoms with E-state index in [4.69, 9.17) is 5.11 Å². The van der Waals surface area contributed by atoms with Crippen LogP contribution < -0.4 is 0 Å². The van der Waals surface area contributed by atoms with Crippen molar-refractivity contribution in [2.24, 2.45) is 0 Å². The predicted molar refractivity (Wildman–Crippen MR) is 83.5 cm³/mol. The van der Waals surface area contributed by atoms with E-state index in [1.54, 1.807) is 0 Å². The fraction of sp³-hybridized carbons (Fsp3) is 0.357. The van der Waals surface area contributed by atoms with Crippen LogP contribution in [0.4, 0.5) is 13.2 Å². The minimum atomic E-state index is -4.95. The summed E-state index contributed by atoms with van der Waals surface area (Å²) in [5.74, 6) is -2.64. The van der Waals surface area contributed by atoms with Crippen LogP contribution in [0.2, 0.25) is 0 Å². The van der Waals surface area contributed by atoms with Crippen molar-refractivity contribution in [1.82, 2.24) is 0 Å². The molecule has 0 radical (unpaired) electrons. The number of alkyl halides is 2. The van der Waals surface area contributed by atoms with Crippen molar-refractivity contribution in [1.29, 1.82) is 0 Å². The Morgan fingerprint density at radius 3 is 2.38 bits per heavy atom. The summed E-state index contributed by atoms with van der Waals surface area (Å²) in [7, 11) is -4.95. The maximum atomic E-state index is 14.7. The van der Waals surface area contributed by atoms with E-state index in [0.717, 1.165) is 29.5 Å². The molecule has 2 rings (SSSR count). The van der Waals surface area contributed by atoms with E-state index in [1.807, 2.05) is 0 Å². The van der Waals surface area contributed by atoms with Crippen LogP contribution in [0.3, 0.4) is 0 Å². The fourth-order valence-corrected chi connectivity index (χ4v) is 4.54. The molecule has 0 fully saturated rings. The molecule has 5 nitrogen and oxygen atoms in total. The molecule has 1 N–H and O–H groups in total. The molecular formula is C14H14F3O5PS. The summed E-state index contributed by atoms with van der Waals surface area (Å²) < 4.78 is 65.7. The highest BCUT2D eigenvalue weighted by molar-refractivity contribution is 7.54. The summed E-state index contributed by atoms with van der Waals surface area (Å²) in [6, 6.07) is 2.88. The monoisotopic (exact) mass is 382 g/mol. The Morgan fingerprint density at radius 1 is 1.29 bits per heavy atom. The van der Waals surface area contributed by atoms with Gasteiger partial charge >= 0.3 is 19.2 Å². The Hall–Kier alpha value is -1.41. The topological polar surface area (TPSA) is 72.8 Å². The first kappa shape index (κ1) is 18.9. The van der Waals surface area contributed by atoms with E-state index in [2.05, 4.69) is 9.05 Å². The van der Waals surface area contributed by atoms with Crippen molar-refractivity contribution in [2.75, 3.05) is 13.2 Å². The Kier molecular flexibility index (Phi) is 5.39. The number of rotatable bonds is 7. The van der Waals surface area contributed by atoms with Crippen molar-refractivity contribution < 1.29 is 36.7 Å². The molecule has 0 aliphatic rings. The highest BCUT2D eigenvalue weighted by Crippen LogP contribution is 2.67. The fourth-order valence-electron chi connectivity index (χ4n) is 2.10. The average molecular weight is 382 g/mol. The van der Waals surface area contributed by atoms with E-state index >= 15 is 0 Å². The van der Waals surface area contributed by atoms with E-state index in [-0.39, 0.29) is 28.2 Å². The van der Waals surface area contributed by atoms with Crippen LogP contribution in [0.15, 0.2) is 18.2 Å². The smallest absolute Gasteiger partial charge is 0.404 e. The van der Waals surface area contributed by atoms with Gasteiger partial charge in [-0.2, -0.15) is 8.78 Å². The molecule has 1 aromatic heterocycles. The maximum absolute atomic E-state index is 14.7. The number of hydrogen-bond acceptors (Lipinski definition) is 5. The molecule has 0 saturated heterocycles. The van der Waals surface area contributed by atoms with Crippen molar-refractivity contribution in [3.05, 3.63) is 34.5 Å². The first-order valence-electron chi connectivity index (χ1n) is 6.90. The Labute approximate surface area is 139 Å². The zero-order valence-corrected chi connectivity index (χ0v) is 14.4. The number of hydrogen-bond donors (Lipinski definition) is 1. The predicted octanol–water partition coefficient (Wildman–Crippen LogP) is 5.05. The highest BCUT2D eigenvalue weighted by Gasteiger charge is 2.56. The van der Waals surface area contributed by atoms with Crippen molar-refractivity contribution in [2.45, 2.75) is 19.5 Å². The second-order valence-corrected chi connectivity index (χ2v) is 7.79. The second kappa shape index (κ2) is 6.84. The third kappa shape index (κ3) is 3.09. The summed E-state index contributed by atoms with van der Waals surface area (Å²) in [6.45, 7) is 2.11. The zero-order chi connectivity index (χ0) is 18.1. The second-order valence-electron chi connectivity index (χ2n) is 4.63. The number of aromatic carboxylic acids is 1. The van der Waals surface area contributed by atoms with E-state index < -0.39 is 30.6 Å². The number of thiophene rings is 1. The van der Waals surface area contributed by atoms with Gasteiger partial charge in [0.15, 0.2) is 0 Å². The Balaban J connectivity index is 2.63. The summed E-state index contributed by atoms with van der Waals surface area (Å²) in [5.41, 5.74) is -5.38. The van der Waals surface area contributed by atoms with Crippen LogP contribution in [-0.2, 0) is 19.3 Å². The van der Waals surface area contributed by atoms with Crippen LogP contribution in [0, 0.1) is 5.82 Å². The van der Waals surface area contributed by atoms with Crippen LogP contribution in [0.5, 0.6) is 0 Å². The maximum Gasteiger partial charge on any atom is 0.404 e. The van der Waals surface area contributed by atoms with Gasteiger partial charge in [-0.05, 0) is 32.0 Å². The lowest BCUT2D eigenvalue weighted by Gasteiger charge is -2.26. The standard InChI is InChI=1S/C14H14F3O5PS/c1-3-21-23(20,22-4-2)14(16,17)9-5-6-10-8(12(9)15)7-11(24-10)13(18)19/h5-7H,3-4H2,1-2H3,(H,18,19). The molecule has 2 aromatic rings. The van der Waals surface area contributed by atoms with E-state index in [1.165, 1.54) is 13.8 Å². The lowest BCUT2D eigenvalue weighted by atomic mass is 10.1. The quantitative estimate of drug-likeness (QED) is 0.678. The molecule has 0 aliphatic carbocycles. The molecule has 0 unspecified atom stereocenters. The lowest BCUT2D eigenvalue weighted by Crippen LogP contribution is -2.20. The van der Waals surface area contributed by atoms with Gasteiger partial charge in [-0.25, -0.2) is 9.18 Å². The normalized spacial score (nSPS) is 12.7. The molecule has 1 aromatic carbocycles. The highest BCUT2D eigenvalue weighted by atomic mass is 32.1. The number of fused-ring (bicyclic) bond motifs is 1. The third-order valence-electron chi connectivity index (χ3n) is 3.11. The first-order chi connectivity index (χ1) is 11.2. The van der Waals surface area contributed by atoms with Crippen LogP contribution in [0.25, 0.3) is 10.1 Å². The molecule has 0 atom stereocenters. The summed E-state index contributed by atoms with van der Waals surface area (Å²) in [6.07, 6.45) is 0. The molecule has 0 amide bonds. The van der Waals surface area contributed by atoms with Gasteiger partial charge < -0.3 is 14.2 Å². The van der Waals surface area contributed by atoms with E-state index in [0.29, 0.717) is 0 Å². The van der Waals surface area contributed by atoms with Crippen molar-refractivity contribution >= 4 is 35.0 Å². The SMILES string of the molecule is CCOP(=O)(OCC)C(F)(F)c1ccc2sc(C(=O)O)cc2c1F. The van der Waals surface area contributed by atoms with Gasteiger partial charge in [0.1, 0.15) is 10.7 Å². The minimum Gasteiger partial charge on any atom is -0.477 e. The molecule has 132 valence electrons. The molecule has 0 bridgehead atoms. The largest absolute Gasteiger partial charge is 0.477 e. The van der Waals surface area contributed by atoms with Gasteiger partial charge in [0.05, 0.1) is 18.8 Å². The number of benzene rings is 1. The minimum absolute atomic E-state index is 0.187. The van der Waals surface area contributed by atoms with E-state index in [9.17, 15) is 22.5 Å². The average Bonchev–Trinajstić information content (AvgIpc) is 2.93. The van der Waals surface area contributed by atoms with Crippen LogP contribution in [-0.4, -0.2) is 24.3 Å². The van der Waals surface area contributed by atoms with Crippen molar-refractivity contribution in [3.63, 3.8) is 0 Å². The molecule has 10 heteroatoms. The number of carbonyl (C=O) groups is 1. The van der Waals surface area contributed by atoms with Gasteiger partial charge in [-0.1, -0.05) is 0 Å². The summed E-state index contributed by atoms with van der Waals surface area (Å²) >= 11 is 0.751. The molecule has 0 aliphatic heterocycles. The number of halogens is 3. The van der Waals surface area contributed by atoms with Gasteiger partial charge in [0.2, 0.25) is 0 Å². The third-order valence-corrected chi connectivity index (χ3v) is 6.33. The molecule has 1 heterocycles. The Morgan fingerprint density at radius 2 is 1.88 bits per heavy atom. The van der Waals surface area contributed by atoms with Gasteiger partial charge in [0, 0.05) is 10.1 Å². The molecular weight excluding hydrogens is 368 g/mol. The summed E-state index contributed by atoms with van der Waals surface area (Å²) in [5, 5.41) is 8.65. The van der Waals surface area contributed by atoms with Gasteiger partial charge in [0.25, 0.3) is 0 Å². The number of carboxylic acid groups (broad SMARTS) is 1. The van der Waals surface area contributed by atoms with Gasteiger partial charge in [-0.3, -0.25) is 4.57 Å². The van der Waals surface area contributed by atoms with Crippen LogP contribution >= 0.6 is 18.9 Å². The molecule has 0 spiro atoms. The molecule has 0 saturated carbocycles. The van der Waals surface area contributed by atoms with Gasteiger partial charge in [-0.15, -0.1) is 11.3 Å². The van der Waals surface area contributed by atoms with Crippen molar-refractivity contribution in [3.8, 4) is 0 Å². The first-order valence-corrected chi connectivity index (χ1v) is 9.26. The number of carboxylic acids is 1. The van der Waals surface area contributed by atoms with Crippen LogP contribution in [0.1, 0.15) is 29.1 Å². The lowest BCUT2D eigenvalue weighted by molar-refractivity contribution is 0.0332. The zero-order valence-electron chi connectivity index (χ0n) is 12.7. The summed E-state index contributed by atoms with van der Waals surface area (Å²) in [4.78, 5) is 10.8.